The standard InChI is InChI=1S/C32H42Cl2F2N4O2/c1-31(2,3)18-26-32(19-41,21-16-24(35)23(34)17-25(21)37-4)27(20-10-9-11-22(33)28(20)36)29(39-26)30(42)38-12-5-6-13-40-14-7-8-15-40/h9-11,16-17,19,26-27,29,37,39H,5-8,12-15,18H2,1-4H3,(H,38,42). The minimum absolute atomic E-state index is 0.115. The molecule has 0 bridgehead atoms. The van der Waals surface area contributed by atoms with Crippen molar-refractivity contribution in [1.82, 2.24) is 15.5 Å². The molecule has 10 heteroatoms. The molecule has 4 atom stereocenters. The number of carbonyl (C=O) groups is 2. The molecule has 1 amide bonds. The minimum atomic E-state index is -1.54. The van der Waals surface area contributed by atoms with Gasteiger partial charge >= 0.3 is 0 Å². The van der Waals surface area contributed by atoms with E-state index in [1.54, 1.807) is 19.2 Å². The molecule has 4 rings (SSSR count). The summed E-state index contributed by atoms with van der Waals surface area (Å²) in [5.74, 6) is -2.79. The summed E-state index contributed by atoms with van der Waals surface area (Å²) in [6.45, 7) is 9.75. The number of anilines is 1. The van der Waals surface area contributed by atoms with Crippen molar-refractivity contribution in [3.63, 3.8) is 0 Å². The van der Waals surface area contributed by atoms with Gasteiger partial charge in [-0.15, -0.1) is 0 Å². The molecule has 4 unspecified atom stereocenters. The number of hydrogen-bond acceptors (Lipinski definition) is 5. The van der Waals surface area contributed by atoms with Crippen molar-refractivity contribution in [2.45, 2.75) is 76.3 Å². The van der Waals surface area contributed by atoms with E-state index in [4.69, 9.17) is 23.2 Å². The predicted molar refractivity (Wildman–Crippen MR) is 166 cm³/mol. The number of unbranched alkanes of at least 4 members (excludes halogenated alkanes) is 1. The molecule has 230 valence electrons. The molecule has 0 radical (unpaired) electrons. The van der Waals surface area contributed by atoms with Crippen LogP contribution >= 0.6 is 23.2 Å². The fourth-order valence-electron chi connectivity index (χ4n) is 6.68. The zero-order valence-corrected chi connectivity index (χ0v) is 26.3. The molecular formula is C32H42Cl2F2N4O2. The van der Waals surface area contributed by atoms with Gasteiger partial charge in [0.2, 0.25) is 5.91 Å². The monoisotopic (exact) mass is 622 g/mol. The Morgan fingerprint density at radius 1 is 1.14 bits per heavy atom. The quantitative estimate of drug-likeness (QED) is 0.202. The maximum absolute atomic E-state index is 15.9. The van der Waals surface area contributed by atoms with Gasteiger partial charge in [-0.1, -0.05) is 56.1 Å². The number of likely N-dealkylation sites (tertiary alicyclic amines) is 1. The van der Waals surface area contributed by atoms with E-state index in [9.17, 15) is 9.59 Å². The van der Waals surface area contributed by atoms with Crippen molar-refractivity contribution in [2.75, 3.05) is 38.5 Å². The molecule has 6 nitrogen and oxygen atoms in total. The van der Waals surface area contributed by atoms with Crippen LogP contribution in [0.4, 0.5) is 14.5 Å². The summed E-state index contributed by atoms with van der Waals surface area (Å²) in [5.41, 5.74) is -1.00. The zero-order valence-electron chi connectivity index (χ0n) is 24.8. The first-order chi connectivity index (χ1) is 19.9. The van der Waals surface area contributed by atoms with Crippen molar-refractivity contribution >= 4 is 41.1 Å². The number of nitrogens with one attached hydrogen (secondary N) is 3. The summed E-state index contributed by atoms with van der Waals surface area (Å²) in [5, 5.41) is 9.24. The second-order valence-electron chi connectivity index (χ2n) is 12.7. The van der Waals surface area contributed by atoms with E-state index in [1.807, 2.05) is 20.8 Å². The molecule has 2 aromatic rings. The highest BCUT2D eigenvalue weighted by Gasteiger charge is 2.60. The second kappa shape index (κ2) is 13.6. The van der Waals surface area contributed by atoms with Gasteiger partial charge < -0.3 is 25.6 Å². The number of hydrogen-bond donors (Lipinski definition) is 3. The van der Waals surface area contributed by atoms with Crippen LogP contribution in [0, 0.1) is 17.0 Å². The lowest BCUT2D eigenvalue weighted by Gasteiger charge is -2.39. The van der Waals surface area contributed by atoms with Gasteiger partial charge in [0.05, 0.1) is 21.5 Å². The molecule has 2 fully saturated rings. The van der Waals surface area contributed by atoms with Crippen LogP contribution in [0.3, 0.4) is 0 Å². The lowest BCUT2D eigenvalue weighted by Crippen LogP contribution is -2.47. The van der Waals surface area contributed by atoms with Crippen LogP contribution in [0.25, 0.3) is 0 Å². The molecule has 2 aromatic carbocycles. The van der Waals surface area contributed by atoms with Gasteiger partial charge in [-0.2, -0.15) is 0 Å². The highest BCUT2D eigenvalue weighted by molar-refractivity contribution is 6.31. The SMILES string of the molecule is CNc1cc(Cl)c(F)cc1C1(C=O)C(CC(C)(C)C)NC(C(=O)NCCCCN2CCCC2)C1c1cccc(Cl)c1F. The molecule has 2 aliphatic rings. The van der Waals surface area contributed by atoms with Crippen LogP contribution in [-0.4, -0.2) is 62.4 Å². The fourth-order valence-corrected chi connectivity index (χ4v) is 7.03. The van der Waals surface area contributed by atoms with Crippen molar-refractivity contribution < 1.29 is 18.4 Å². The maximum Gasteiger partial charge on any atom is 0.237 e. The maximum atomic E-state index is 15.9. The molecule has 0 saturated carbocycles. The summed E-state index contributed by atoms with van der Waals surface area (Å²) in [6.07, 6.45) is 5.39. The summed E-state index contributed by atoms with van der Waals surface area (Å²) < 4.78 is 31.0. The first-order valence-corrected chi connectivity index (χ1v) is 15.5. The first kappa shape index (κ1) is 32.6. The van der Waals surface area contributed by atoms with E-state index >= 15 is 8.78 Å². The average Bonchev–Trinajstić information content (AvgIpc) is 3.57. The molecule has 3 N–H and O–H groups in total. The van der Waals surface area contributed by atoms with E-state index in [2.05, 4.69) is 20.9 Å². The number of aldehydes is 1. The van der Waals surface area contributed by atoms with Crippen LogP contribution in [-0.2, 0) is 15.0 Å². The molecule has 0 spiro atoms. The number of benzene rings is 2. The van der Waals surface area contributed by atoms with E-state index in [-0.39, 0.29) is 26.9 Å². The lowest BCUT2D eigenvalue weighted by atomic mass is 9.62. The van der Waals surface area contributed by atoms with Gasteiger partial charge in [-0.25, -0.2) is 8.78 Å². The Morgan fingerprint density at radius 3 is 2.50 bits per heavy atom. The highest BCUT2D eigenvalue weighted by atomic mass is 35.5. The van der Waals surface area contributed by atoms with Crippen LogP contribution in [0.1, 0.15) is 69.9 Å². The third-order valence-corrected chi connectivity index (χ3v) is 9.19. The molecule has 42 heavy (non-hydrogen) atoms. The number of nitrogens with zero attached hydrogens (tertiary/aromatic N) is 1. The van der Waals surface area contributed by atoms with Crippen LogP contribution in [0.15, 0.2) is 30.3 Å². The van der Waals surface area contributed by atoms with E-state index in [1.165, 1.54) is 31.0 Å². The normalized spacial score (nSPS) is 24.6. The largest absolute Gasteiger partial charge is 0.388 e. The van der Waals surface area contributed by atoms with Gasteiger partial charge in [0.15, 0.2) is 0 Å². The average molecular weight is 624 g/mol. The lowest BCUT2D eigenvalue weighted by molar-refractivity contribution is -0.123. The number of amides is 1. The Kier molecular flexibility index (Phi) is 10.6. The molecule has 2 heterocycles. The molecule has 0 aliphatic carbocycles. The van der Waals surface area contributed by atoms with Gasteiger partial charge in [-0.3, -0.25) is 4.79 Å². The Balaban J connectivity index is 1.78. The Labute approximate surface area is 257 Å². The Hall–Kier alpha value is -2.26. The van der Waals surface area contributed by atoms with Crippen LogP contribution in [0.2, 0.25) is 10.0 Å². The number of rotatable bonds is 11. The van der Waals surface area contributed by atoms with Crippen LogP contribution < -0.4 is 16.0 Å². The Bertz CT molecular complexity index is 1280. The van der Waals surface area contributed by atoms with Gasteiger partial charge in [0.25, 0.3) is 0 Å². The van der Waals surface area contributed by atoms with Gasteiger partial charge in [0, 0.05) is 31.2 Å². The summed E-state index contributed by atoms with van der Waals surface area (Å²) >= 11 is 12.4. The molecule has 2 saturated heterocycles. The summed E-state index contributed by atoms with van der Waals surface area (Å²) in [4.78, 5) is 29.9. The molecule has 0 aromatic heterocycles. The topological polar surface area (TPSA) is 73.5 Å². The van der Waals surface area contributed by atoms with E-state index in [0.29, 0.717) is 24.2 Å². The smallest absolute Gasteiger partial charge is 0.237 e. The van der Waals surface area contributed by atoms with E-state index in [0.717, 1.165) is 38.8 Å². The highest BCUT2D eigenvalue weighted by Crippen LogP contribution is 2.53. The number of carbonyl (C=O) groups excluding carboxylic acids is 2. The van der Waals surface area contributed by atoms with Crippen molar-refractivity contribution in [3.05, 3.63) is 63.1 Å². The van der Waals surface area contributed by atoms with Crippen molar-refractivity contribution in [1.29, 1.82) is 0 Å². The minimum Gasteiger partial charge on any atom is -0.388 e. The molecule has 2 aliphatic heterocycles. The zero-order chi connectivity index (χ0) is 30.7. The third-order valence-electron chi connectivity index (χ3n) is 8.61. The predicted octanol–water partition coefficient (Wildman–Crippen LogP) is 6.30. The van der Waals surface area contributed by atoms with Crippen LogP contribution in [0.5, 0.6) is 0 Å². The van der Waals surface area contributed by atoms with Gasteiger partial charge in [0.1, 0.15) is 17.9 Å². The fraction of sp³-hybridized carbons (Fsp3) is 0.562. The Morgan fingerprint density at radius 2 is 1.86 bits per heavy atom. The van der Waals surface area contributed by atoms with Crippen molar-refractivity contribution in [2.24, 2.45) is 5.41 Å². The molecular weight excluding hydrogens is 581 g/mol. The third kappa shape index (κ3) is 6.77. The van der Waals surface area contributed by atoms with Gasteiger partial charge in [-0.05, 0) is 86.5 Å². The summed E-state index contributed by atoms with van der Waals surface area (Å²) in [7, 11) is 1.65. The second-order valence-corrected chi connectivity index (χ2v) is 13.6. The number of halogens is 4. The first-order valence-electron chi connectivity index (χ1n) is 14.8. The van der Waals surface area contributed by atoms with Crippen molar-refractivity contribution in [3.8, 4) is 0 Å². The summed E-state index contributed by atoms with van der Waals surface area (Å²) in [6, 6.07) is 5.59. The van der Waals surface area contributed by atoms with E-state index < -0.39 is 35.1 Å².